The molecule has 5 aliphatic rings. The monoisotopic (exact) mass is 630 g/mol. The molecule has 1 aliphatic carbocycles. The zero-order chi connectivity index (χ0) is 31.6. The van der Waals surface area contributed by atoms with Crippen LogP contribution in [0, 0.1) is 11.8 Å². The van der Waals surface area contributed by atoms with Crippen LogP contribution in [0.5, 0.6) is 28.7 Å². The standard InChI is InChI=1S/C32H38O13/c1-13(2)42-29-21(36-4)6-15(7-22(29)37-5)24-16-8-19-20(41-12-40-19)9-17(16)28(18-10-39-31(35)25(18)24)45-32-27(34)26(33)30-23(44-32)11-38-14(3)43-30/h6-9,13-14,18,23-28,30,32-34H,10-12H2,1-5H3/t14-,18?,23-,24-,25+,26-,27-,28-,30-,32+/m1/s1. The molecule has 10 atom stereocenters. The Balaban J connectivity index is 1.32. The van der Waals surface area contributed by atoms with Crippen molar-refractivity contribution in [3.8, 4) is 28.7 Å². The first-order valence-corrected chi connectivity index (χ1v) is 15.1. The number of benzene rings is 2. The summed E-state index contributed by atoms with van der Waals surface area (Å²) in [6.45, 7) is 5.81. The molecule has 2 N–H and O–H groups in total. The predicted octanol–water partition coefficient (Wildman–Crippen LogP) is 2.42. The van der Waals surface area contributed by atoms with Gasteiger partial charge in [0.25, 0.3) is 0 Å². The lowest BCUT2D eigenvalue weighted by Gasteiger charge is -2.47. The van der Waals surface area contributed by atoms with Crippen molar-refractivity contribution in [2.75, 3.05) is 34.2 Å². The van der Waals surface area contributed by atoms with Gasteiger partial charge in [-0.3, -0.25) is 4.79 Å². The van der Waals surface area contributed by atoms with E-state index in [1.165, 1.54) is 0 Å². The zero-order valence-corrected chi connectivity index (χ0v) is 25.7. The molecule has 0 radical (unpaired) electrons. The fraction of sp³-hybridized carbons (Fsp3) is 0.594. The Morgan fingerprint density at radius 2 is 1.58 bits per heavy atom. The van der Waals surface area contributed by atoms with Crippen LogP contribution in [0.4, 0.5) is 0 Å². The van der Waals surface area contributed by atoms with Crippen molar-refractivity contribution in [1.29, 1.82) is 0 Å². The molecule has 2 aromatic rings. The van der Waals surface area contributed by atoms with Gasteiger partial charge in [0.05, 0.1) is 45.6 Å². The highest BCUT2D eigenvalue weighted by molar-refractivity contribution is 5.79. The maximum Gasteiger partial charge on any atom is 0.310 e. The first kappa shape index (κ1) is 30.3. The second-order valence-electron chi connectivity index (χ2n) is 12.1. The van der Waals surface area contributed by atoms with Gasteiger partial charge in [0, 0.05) is 11.8 Å². The number of esters is 1. The summed E-state index contributed by atoms with van der Waals surface area (Å²) >= 11 is 0. The third-order valence-corrected chi connectivity index (χ3v) is 9.08. The van der Waals surface area contributed by atoms with Crippen LogP contribution in [-0.2, 0) is 28.5 Å². The molecule has 244 valence electrons. The van der Waals surface area contributed by atoms with E-state index in [1.54, 1.807) is 21.1 Å². The number of fused-ring (bicyclic) bond motifs is 4. The Morgan fingerprint density at radius 1 is 0.889 bits per heavy atom. The number of carbonyl (C=O) groups is 1. The quantitative estimate of drug-likeness (QED) is 0.432. The Bertz CT molecular complexity index is 1420. The third-order valence-electron chi connectivity index (χ3n) is 9.08. The molecular weight excluding hydrogens is 592 g/mol. The lowest BCUT2D eigenvalue weighted by Crippen LogP contribution is -2.63. The number of methoxy groups -OCH3 is 2. The smallest absolute Gasteiger partial charge is 0.310 e. The summed E-state index contributed by atoms with van der Waals surface area (Å²) in [4.78, 5) is 13.6. The van der Waals surface area contributed by atoms with E-state index in [0.29, 0.717) is 34.3 Å². The van der Waals surface area contributed by atoms with E-state index >= 15 is 0 Å². The average Bonchev–Trinajstić information content (AvgIpc) is 3.65. The Morgan fingerprint density at radius 3 is 2.24 bits per heavy atom. The van der Waals surface area contributed by atoms with Crippen LogP contribution < -0.4 is 23.7 Å². The minimum Gasteiger partial charge on any atom is -0.493 e. The van der Waals surface area contributed by atoms with Gasteiger partial charge >= 0.3 is 5.97 Å². The minimum absolute atomic E-state index is 0.0460. The zero-order valence-electron chi connectivity index (χ0n) is 25.7. The predicted molar refractivity (Wildman–Crippen MR) is 152 cm³/mol. The Kier molecular flexibility index (Phi) is 7.95. The molecular formula is C32H38O13. The molecule has 4 heterocycles. The largest absolute Gasteiger partial charge is 0.493 e. The van der Waals surface area contributed by atoms with Crippen molar-refractivity contribution in [2.45, 2.75) is 75.9 Å². The van der Waals surface area contributed by atoms with Crippen molar-refractivity contribution in [3.05, 3.63) is 41.0 Å². The first-order valence-electron chi connectivity index (χ1n) is 15.1. The molecule has 2 aromatic carbocycles. The number of aliphatic hydroxyl groups is 2. The van der Waals surface area contributed by atoms with Crippen LogP contribution in [0.3, 0.4) is 0 Å². The van der Waals surface area contributed by atoms with Crippen molar-refractivity contribution in [3.63, 3.8) is 0 Å². The van der Waals surface area contributed by atoms with Gasteiger partial charge in [-0.1, -0.05) is 0 Å². The van der Waals surface area contributed by atoms with Crippen LogP contribution in [0.2, 0.25) is 0 Å². The number of cyclic esters (lactones) is 1. The molecule has 0 spiro atoms. The van der Waals surface area contributed by atoms with Crippen LogP contribution >= 0.6 is 0 Å². The van der Waals surface area contributed by atoms with E-state index < -0.39 is 66.8 Å². The Hall–Kier alpha value is -3.33. The SMILES string of the molecule is COc1cc([C@@H]2c3cc4c(cc3[C@@H](O[C@@H]3O[C@@H]5CO[C@@H](C)O[C@H]5[C@H](O)[C@H]3O)C3COC(=O)[C@@H]32)OCO4)cc(OC)c1OC(C)C. The maximum absolute atomic E-state index is 13.6. The number of rotatable bonds is 7. The van der Waals surface area contributed by atoms with Crippen molar-refractivity contribution >= 4 is 5.97 Å². The van der Waals surface area contributed by atoms with Crippen LogP contribution in [0.25, 0.3) is 0 Å². The highest BCUT2D eigenvalue weighted by atomic mass is 16.8. The van der Waals surface area contributed by atoms with Gasteiger partial charge in [0.1, 0.15) is 24.4 Å². The highest BCUT2D eigenvalue weighted by Gasteiger charge is 2.56. The molecule has 1 unspecified atom stereocenters. The van der Waals surface area contributed by atoms with Crippen LogP contribution in [0.1, 0.15) is 49.5 Å². The van der Waals surface area contributed by atoms with Crippen LogP contribution in [0.15, 0.2) is 24.3 Å². The molecule has 3 fully saturated rings. The van der Waals surface area contributed by atoms with E-state index in [0.717, 1.165) is 11.1 Å². The summed E-state index contributed by atoms with van der Waals surface area (Å²) in [5, 5.41) is 22.1. The van der Waals surface area contributed by atoms with E-state index in [2.05, 4.69) is 0 Å². The van der Waals surface area contributed by atoms with E-state index in [9.17, 15) is 15.0 Å². The molecule has 13 heteroatoms. The molecule has 45 heavy (non-hydrogen) atoms. The third kappa shape index (κ3) is 5.15. The number of carbonyl (C=O) groups excluding carboxylic acids is 1. The lowest BCUT2D eigenvalue weighted by atomic mass is 9.66. The average molecular weight is 631 g/mol. The molecule has 3 saturated heterocycles. The number of hydrogen-bond acceptors (Lipinski definition) is 13. The Labute approximate surface area is 260 Å². The van der Waals surface area contributed by atoms with Gasteiger partial charge in [0.15, 0.2) is 35.6 Å². The van der Waals surface area contributed by atoms with Crippen molar-refractivity contribution in [1.82, 2.24) is 0 Å². The molecule has 0 bridgehead atoms. The van der Waals surface area contributed by atoms with Crippen molar-refractivity contribution in [2.24, 2.45) is 11.8 Å². The topological polar surface area (TPSA) is 150 Å². The van der Waals surface area contributed by atoms with Gasteiger partial charge in [0.2, 0.25) is 12.5 Å². The fourth-order valence-corrected chi connectivity index (χ4v) is 7.07. The second kappa shape index (κ2) is 11.8. The molecule has 7 rings (SSSR count). The van der Waals surface area contributed by atoms with Gasteiger partial charge in [-0.25, -0.2) is 0 Å². The summed E-state index contributed by atoms with van der Waals surface area (Å²) in [6, 6.07) is 7.38. The van der Waals surface area contributed by atoms with Gasteiger partial charge in [-0.15, -0.1) is 0 Å². The molecule has 13 nitrogen and oxygen atoms in total. The highest BCUT2D eigenvalue weighted by Crippen LogP contribution is 2.57. The molecule has 0 amide bonds. The summed E-state index contributed by atoms with van der Waals surface area (Å²) in [5.74, 6) is 0.337. The summed E-state index contributed by atoms with van der Waals surface area (Å²) in [5.41, 5.74) is 2.19. The van der Waals surface area contributed by atoms with Crippen LogP contribution in [-0.4, -0.2) is 93.5 Å². The van der Waals surface area contributed by atoms with Gasteiger partial charge in [-0.2, -0.15) is 0 Å². The van der Waals surface area contributed by atoms with E-state index in [1.807, 2.05) is 38.1 Å². The van der Waals surface area contributed by atoms with E-state index in [-0.39, 0.29) is 26.1 Å². The summed E-state index contributed by atoms with van der Waals surface area (Å²) < 4.78 is 58.6. The molecule has 4 aliphatic heterocycles. The molecule has 0 saturated carbocycles. The van der Waals surface area contributed by atoms with Gasteiger partial charge in [-0.05, 0) is 61.7 Å². The minimum atomic E-state index is -1.43. The lowest BCUT2D eigenvalue weighted by molar-refractivity contribution is -0.364. The van der Waals surface area contributed by atoms with Gasteiger partial charge < -0.3 is 57.6 Å². The number of aliphatic hydroxyl groups excluding tert-OH is 2. The normalized spacial score (nSPS) is 34.9. The van der Waals surface area contributed by atoms with Crippen molar-refractivity contribution < 1.29 is 62.4 Å². The molecule has 0 aromatic heterocycles. The number of hydrogen-bond donors (Lipinski definition) is 2. The fourth-order valence-electron chi connectivity index (χ4n) is 7.07. The number of ether oxygens (including phenoxy) is 10. The maximum atomic E-state index is 13.6. The summed E-state index contributed by atoms with van der Waals surface area (Å²) in [7, 11) is 3.10. The summed E-state index contributed by atoms with van der Waals surface area (Å²) in [6.07, 6.45) is -6.86. The van der Waals surface area contributed by atoms with E-state index in [4.69, 9.17) is 47.4 Å². The second-order valence-corrected chi connectivity index (χ2v) is 12.1. The first-order chi connectivity index (χ1) is 21.7.